The second kappa shape index (κ2) is 8.57. The van der Waals surface area contributed by atoms with E-state index in [0.29, 0.717) is 41.0 Å². The molecule has 0 aliphatic heterocycles. The number of fused-ring (bicyclic) bond motifs is 1. The van der Waals surface area contributed by atoms with Crippen molar-refractivity contribution in [3.8, 4) is 23.0 Å². The Bertz CT molecular complexity index is 1220. The lowest BCUT2D eigenvalue weighted by atomic mass is 10.2. The number of hydrogen-bond donors (Lipinski definition) is 4. The monoisotopic (exact) mass is 420 g/mol. The first kappa shape index (κ1) is 20.0. The molecule has 2 aromatic carbocycles. The van der Waals surface area contributed by atoms with Gasteiger partial charge in [-0.05, 0) is 23.8 Å². The third kappa shape index (κ3) is 4.32. The summed E-state index contributed by atoms with van der Waals surface area (Å²) in [5.41, 5.74) is 2.18. The van der Waals surface area contributed by atoms with E-state index in [0.717, 1.165) is 10.9 Å². The van der Waals surface area contributed by atoms with Gasteiger partial charge in [0.1, 0.15) is 12.1 Å². The number of phenols is 2. The van der Waals surface area contributed by atoms with Gasteiger partial charge in [-0.15, -0.1) is 0 Å². The van der Waals surface area contributed by atoms with E-state index in [4.69, 9.17) is 9.47 Å². The van der Waals surface area contributed by atoms with Gasteiger partial charge in [0.25, 0.3) is 0 Å². The largest absolute Gasteiger partial charge is 0.504 e. The first-order chi connectivity index (χ1) is 15.1. The van der Waals surface area contributed by atoms with E-state index in [9.17, 15) is 10.2 Å². The van der Waals surface area contributed by atoms with Crippen LogP contribution in [0.1, 0.15) is 5.56 Å². The molecule has 0 bridgehead atoms. The molecule has 0 unspecified atom stereocenters. The first-order valence-electron chi connectivity index (χ1n) is 9.28. The van der Waals surface area contributed by atoms with Gasteiger partial charge in [0.05, 0.1) is 37.8 Å². The second-order valence-electron chi connectivity index (χ2n) is 6.54. The number of hydrogen-bond acceptors (Lipinski definition) is 10. The number of nitrogens with zero attached hydrogens (tertiary/aromatic N) is 4. The van der Waals surface area contributed by atoms with Crippen LogP contribution in [0, 0.1) is 0 Å². The topological polar surface area (TPSA) is 135 Å². The van der Waals surface area contributed by atoms with Crippen molar-refractivity contribution in [2.75, 3.05) is 24.9 Å². The molecule has 0 fully saturated rings. The molecule has 31 heavy (non-hydrogen) atoms. The molecule has 2 heterocycles. The van der Waals surface area contributed by atoms with Gasteiger partial charge in [0, 0.05) is 18.0 Å². The van der Waals surface area contributed by atoms with Gasteiger partial charge in [0.15, 0.2) is 23.0 Å². The summed E-state index contributed by atoms with van der Waals surface area (Å²) in [5, 5.41) is 25.9. The molecule has 0 aliphatic carbocycles. The first-order valence-corrected chi connectivity index (χ1v) is 9.28. The molecule has 0 aliphatic rings. The normalized spacial score (nSPS) is 10.6. The van der Waals surface area contributed by atoms with E-state index in [-0.39, 0.29) is 11.5 Å². The van der Waals surface area contributed by atoms with Crippen LogP contribution in [0.2, 0.25) is 0 Å². The average molecular weight is 420 g/mol. The molecule has 0 amide bonds. The number of anilines is 3. The van der Waals surface area contributed by atoms with Crippen LogP contribution < -0.4 is 20.1 Å². The summed E-state index contributed by atoms with van der Waals surface area (Å²) >= 11 is 0. The summed E-state index contributed by atoms with van der Waals surface area (Å²) in [6.07, 6.45) is 4.70. The lowest BCUT2D eigenvalue weighted by Crippen LogP contribution is -2.03. The maximum atomic E-state index is 9.58. The predicted octanol–water partition coefficient (Wildman–Crippen LogP) is 3.20. The minimum absolute atomic E-state index is 0.157. The Morgan fingerprint density at radius 1 is 0.871 bits per heavy atom. The molecule has 0 saturated carbocycles. The third-order valence-corrected chi connectivity index (χ3v) is 4.56. The molecule has 0 atom stereocenters. The molecule has 4 rings (SSSR count). The Kier molecular flexibility index (Phi) is 5.52. The molecule has 4 N–H and O–H groups in total. The summed E-state index contributed by atoms with van der Waals surface area (Å²) in [5.74, 6) is 1.72. The van der Waals surface area contributed by atoms with E-state index in [1.165, 1.54) is 18.5 Å². The minimum atomic E-state index is -0.165. The fourth-order valence-electron chi connectivity index (χ4n) is 2.96. The maximum Gasteiger partial charge on any atom is 0.228 e. The number of nitrogens with one attached hydrogen (secondary N) is 2. The number of phenolic OH excluding ortho intramolecular Hbond substituents is 2. The van der Waals surface area contributed by atoms with Crippen molar-refractivity contribution in [2.45, 2.75) is 6.54 Å². The Hall–Kier alpha value is -4.34. The number of ether oxygens (including phenoxy) is 2. The van der Waals surface area contributed by atoms with Crippen LogP contribution in [0.15, 0.2) is 49.1 Å². The number of methoxy groups -OCH3 is 2. The highest BCUT2D eigenvalue weighted by Crippen LogP contribution is 2.34. The number of aromatic nitrogens is 4. The fraction of sp³-hybridized carbons (Fsp3) is 0.143. The number of benzene rings is 2. The van der Waals surface area contributed by atoms with Crippen LogP contribution in [0.25, 0.3) is 10.9 Å². The molecule has 2 aromatic heterocycles. The summed E-state index contributed by atoms with van der Waals surface area (Å²) in [6.45, 7) is 0.433. The lowest BCUT2D eigenvalue weighted by molar-refractivity contribution is 0.356. The van der Waals surface area contributed by atoms with Crippen molar-refractivity contribution in [1.29, 1.82) is 0 Å². The highest BCUT2D eigenvalue weighted by atomic mass is 16.5. The van der Waals surface area contributed by atoms with Gasteiger partial charge in [0.2, 0.25) is 5.95 Å². The van der Waals surface area contributed by atoms with Crippen LogP contribution in [-0.4, -0.2) is 44.4 Å². The maximum absolute atomic E-state index is 9.58. The predicted molar refractivity (Wildman–Crippen MR) is 115 cm³/mol. The zero-order valence-electron chi connectivity index (χ0n) is 16.8. The Morgan fingerprint density at radius 2 is 1.61 bits per heavy atom. The van der Waals surface area contributed by atoms with E-state index in [1.807, 2.05) is 0 Å². The molecule has 0 saturated heterocycles. The summed E-state index contributed by atoms with van der Waals surface area (Å²) < 4.78 is 10.7. The quantitative estimate of drug-likeness (QED) is 0.330. The number of aromatic hydroxyl groups is 2. The van der Waals surface area contributed by atoms with Gasteiger partial charge < -0.3 is 30.3 Å². The molecule has 158 valence electrons. The van der Waals surface area contributed by atoms with Gasteiger partial charge in [-0.2, -0.15) is 0 Å². The van der Waals surface area contributed by atoms with Crippen LogP contribution in [0.5, 0.6) is 23.0 Å². The third-order valence-electron chi connectivity index (χ3n) is 4.56. The average Bonchev–Trinajstić information content (AvgIpc) is 2.80. The van der Waals surface area contributed by atoms with Gasteiger partial charge in [-0.25, -0.2) is 19.9 Å². The van der Waals surface area contributed by atoms with Gasteiger partial charge in [-0.1, -0.05) is 6.07 Å². The summed E-state index contributed by atoms with van der Waals surface area (Å²) in [6, 6.07) is 8.20. The Labute approximate surface area is 177 Å². The van der Waals surface area contributed by atoms with Crippen molar-refractivity contribution in [2.24, 2.45) is 0 Å². The SMILES string of the molecule is COc1cc2ncnc(Nc3ncc(NCc4ccc(O)c(O)c4)cn3)c2cc1OC. The standard InChI is InChI=1S/C21H20N6O4/c1-30-18-6-14-15(7-19(18)31-2)25-11-26-20(14)27-21-23-9-13(10-24-21)22-8-12-3-4-16(28)17(29)5-12/h3-7,9-11,22,28-29H,8H2,1-2H3,(H,23,24,25,26,27). The smallest absolute Gasteiger partial charge is 0.228 e. The van der Waals surface area contributed by atoms with Crippen molar-refractivity contribution < 1.29 is 19.7 Å². The van der Waals surface area contributed by atoms with Crippen molar-refractivity contribution in [3.63, 3.8) is 0 Å². The van der Waals surface area contributed by atoms with E-state index in [2.05, 4.69) is 30.6 Å². The van der Waals surface area contributed by atoms with Crippen molar-refractivity contribution >= 4 is 28.4 Å². The van der Waals surface area contributed by atoms with Gasteiger partial charge >= 0.3 is 0 Å². The molecular formula is C21H20N6O4. The van der Waals surface area contributed by atoms with Crippen LogP contribution in [-0.2, 0) is 6.54 Å². The molecule has 0 radical (unpaired) electrons. The highest BCUT2D eigenvalue weighted by Gasteiger charge is 2.12. The Balaban J connectivity index is 1.49. The minimum Gasteiger partial charge on any atom is -0.504 e. The number of rotatable bonds is 7. The molecule has 10 heteroatoms. The van der Waals surface area contributed by atoms with Crippen LogP contribution in [0.3, 0.4) is 0 Å². The van der Waals surface area contributed by atoms with Crippen molar-refractivity contribution in [3.05, 3.63) is 54.6 Å². The lowest BCUT2D eigenvalue weighted by Gasteiger charge is -2.12. The molecule has 4 aromatic rings. The van der Waals surface area contributed by atoms with Crippen molar-refractivity contribution in [1.82, 2.24) is 19.9 Å². The second-order valence-corrected chi connectivity index (χ2v) is 6.54. The zero-order valence-corrected chi connectivity index (χ0v) is 16.8. The van der Waals surface area contributed by atoms with E-state index >= 15 is 0 Å². The van der Waals surface area contributed by atoms with E-state index in [1.54, 1.807) is 44.8 Å². The van der Waals surface area contributed by atoms with Crippen LogP contribution in [0.4, 0.5) is 17.5 Å². The van der Waals surface area contributed by atoms with Crippen LogP contribution >= 0.6 is 0 Å². The highest BCUT2D eigenvalue weighted by molar-refractivity contribution is 5.92. The Morgan fingerprint density at radius 3 is 2.32 bits per heavy atom. The summed E-state index contributed by atoms with van der Waals surface area (Å²) in [7, 11) is 3.13. The summed E-state index contributed by atoms with van der Waals surface area (Å²) in [4.78, 5) is 17.2. The molecule has 0 spiro atoms. The molecular weight excluding hydrogens is 400 g/mol. The fourth-order valence-corrected chi connectivity index (χ4v) is 2.96. The van der Waals surface area contributed by atoms with Gasteiger partial charge in [-0.3, -0.25) is 0 Å². The van der Waals surface area contributed by atoms with E-state index < -0.39 is 0 Å². The zero-order chi connectivity index (χ0) is 21.8. The molecule has 10 nitrogen and oxygen atoms in total.